The first kappa shape index (κ1) is 26.0. The number of piperidine rings is 1. The number of hydrogen-bond acceptors (Lipinski definition) is 6. The first-order chi connectivity index (χ1) is 17.3. The van der Waals surface area contributed by atoms with Crippen LogP contribution in [0.1, 0.15) is 56.7 Å². The topological polar surface area (TPSA) is 97.4 Å². The zero-order valence-corrected chi connectivity index (χ0v) is 20.2. The smallest absolute Gasteiger partial charge is 0.416 e. The maximum absolute atomic E-state index is 13.3. The molecule has 0 spiro atoms. The summed E-state index contributed by atoms with van der Waals surface area (Å²) >= 11 is 0. The Morgan fingerprint density at radius 3 is 2.44 bits per heavy atom. The predicted octanol–water partition coefficient (Wildman–Crippen LogP) is 4.70. The van der Waals surface area contributed by atoms with Crippen molar-refractivity contribution in [1.82, 2.24) is 20.6 Å². The number of aryl methyl sites for hydroxylation is 1. The Balaban J connectivity index is 1.33. The third-order valence-corrected chi connectivity index (χ3v) is 6.49. The second-order valence-corrected chi connectivity index (χ2v) is 9.17. The molecule has 8 nitrogen and oxygen atoms in total. The standard InChI is InChI=1S/C25H32F3N5O3/c1-2-17-14-23(31-15-30-17)36-19-6-4-18(5-7-19)32-24(34)33-21-13-16(25(26,27)28)3-8-22(21)35-20-9-11-29-12-10-20/h3,8,13-15,18-20,29H,2,4-7,9-12H2,1H3,(H2,32,33,34). The molecule has 11 heteroatoms. The number of carbonyl (C=O) groups excluding carboxylic acids is 1. The Kier molecular flexibility index (Phi) is 8.50. The van der Waals surface area contributed by atoms with Gasteiger partial charge in [0.1, 0.15) is 24.3 Å². The van der Waals surface area contributed by atoms with Gasteiger partial charge in [-0.25, -0.2) is 14.8 Å². The molecule has 2 aliphatic rings. The van der Waals surface area contributed by atoms with Crippen LogP contribution >= 0.6 is 0 Å². The van der Waals surface area contributed by atoms with E-state index in [1.54, 1.807) is 0 Å². The van der Waals surface area contributed by atoms with E-state index >= 15 is 0 Å². The molecule has 1 aliphatic carbocycles. The Bertz CT molecular complexity index is 1020. The predicted molar refractivity (Wildman–Crippen MR) is 128 cm³/mol. The summed E-state index contributed by atoms with van der Waals surface area (Å²) in [7, 11) is 0. The third kappa shape index (κ3) is 7.22. The number of anilines is 1. The van der Waals surface area contributed by atoms with Gasteiger partial charge in [-0.3, -0.25) is 0 Å². The fourth-order valence-electron chi connectivity index (χ4n) is 4.47. The highest BCUT2D eigenvalue weighted by molar-refractivity contribution is 5.91. The normalized spacial score (nSPS) is 21.0. The van der Waals surface area contributed by atoms with E-state index in [2.05, 4.69) is 25.9 Å². The second kappa shape index (κ2) is 11.8. The minimum Gasteiger partial charge on any atom is -0.488 e. The van der Waals surface area contributed by atoms with Crippen LogP contribution in [0.5, 0.6) is 11.6 Å². The molecule has 0 radical (unpaired) electrons. The van der Waals surface area contributed by atoms with Crippen LogP contribution in [0.4, 0.5) is 23.7 Å². The van der Waals surface area contributed by atoms with Crippen LogP contribution in [0.25, 0.3) is 0 Å². The van der Waals surface area contributed by atoms with Crippen molar-refractivity contribution in [2.45, 2.75) is 76.3 Å². The molecule has 1 aromatic carbocycles. The molecule has 0 atom stereocenters. The highest BCUT2D eigenvalue weighted by atomic mass is 19.4. The molecule has 3 N–H and O–H groups in total. The summed E-state index contributed by atoms with van der Waals surface area (Å²) in [5.74, 6) is 0.778. The zero-order valence-electron chi connectivity index (χ0n) is 20.2. The first-order valence-corrected chi connectivity index (χ1v) is 12.4. The summed E-state index contributed by atoms with van der Waals surface area (Å²) in [6, 6.07) is 4.34. The van der Waals surface area contributed by atoms with E-state index in [1.165, 1.54) is 12.4 Å². The average molecular weight is 508 g/mol. The van der Waals surface area contributed by atoms with Gasteiger partial charge in [0.25, 0.3) is 0 Å². The van der Waals surface area contributed by atoms with Crippen molar-refractivity contribution in [3.63, 3.8) is 0 Å². The number of alkyl halides is 3. The molecular weight excluding hydrogens is 475 g/mol. The lowest BCUT2D eigenvalue weighted by atomic mass is 9.93. The Hall–Kier alpha value is -3.08. The molecular formula is C25H32F3N5O3. The van der Waals surface area contributed by atoms with Crippen molar-refractivity contribution in [1.29, 1.82) is 0 Å². The molecule has 196 valence electrons. The van der Waals surface area contributed by atoms with E-state index in [-0.39, 0.29) is 29.7 Å². The van der Waals surface area contributed by atoms with Gasteiger partial charge in [0.15, 0.2) is 0 Å². The van der Waals surface area contributed by atoms with Crippen molar-refractivity contribution in [2.24, 2.45) is 0 Å². The molecule has 36 heavy (non-hydrogen) atoms. The summed E-state index contributed by atoms with van der Waals surface area (Å²) < 4.78 is 51.8. The molecule has 2 heterocycles. The van der Waals surface area contributed by atoms with Gasteiger partial charge in [-0.05, 0) is 76.2 Å². The zero-order chi connectivity index (χ0) is 25.5. The van der Waals surface area contributed by atoms with Gasteiger partial charge in [0, 0.05) is 17.8 Å². The molecule has 1 aromatic heterocycles. The number of nitrogens with zero attached hydrogens (tertiary/aromatic N) is 2. The van der Waals surface area contributed by atoms with Crippen molar-refractivity contribution < 1.29 is 27.4 Å². The fraction of sp³-hybridized carbons (Fsp3) is 0.560. The van der Waals surface area contributed by atoms with Crippen LogP contribution in [0, 0.1) is 0 Å². The maximum atomic E-state index is 13.3. The van der Waals surface area contributed by atoms with Crippen LogP contribution in [0.15, 0.2) is 30.6 Å². The lowest BCUT2D eigenvalue weighted by Gasteiger charge is -2.29. The number of nitrogens with one attached hydrogen (secondary N) is 3. The summed E-state index contributed by atoms with van der Waals surface area (Å²) in [6.45, 7) is 3.56. The van der Waals surface area contributed by atoms with Crippen LogP contribution in [0.2, 0.25) is 0 Å². The summed E-state index contributed by atoms with van der Waals surface area (Å²) in [5.41, 5.74) is 0.0718. The lowest BCUT2D eigenvalue weighted by molar-refractivity contribution is -0.137. The number of amides is 2. The number of ether oxygens (including phenoxy) is 2. The van der Waals surface area contributed by atoms with Crippen molar-refractivity contribution >= 4 is 11.7 Å². The molecule has 1 aliphatic heterocycles. The second-order valence-electron chi connectivity index (χ2n) is 9.17. The number of urea groups is 1. The van der Waals surface area contributed by atoms with Crippen molar-refractivity contribution in [3.8, 4) is 11.6 Å². The van der Waals surface area contributed by atoms with Gasteiger partial charge in [-0.1, -0.05) is 6.92 Å². The first-order valence-electron chi connectivity index (χ1n) is 12.4. The molecule has 2 fully saturated rings. The largest absolute Gasteiger partial charge is 0.488 e. The minimum absolute atomic E-state index is 0.00775. The van der Waals surface area contributed by atoms with E-state index in [9.17, 15) is 18.0 Å². The van der Waals surface area contributed by atoms with E-state index in [0.717, 1.165) is 63.0 Å². The SMILES string of the molecule is CCc1cc(OC2CCC(NC(=O)Nc3cc(C(F)(F)F)ccc3OC3CCNCC3)CC2)ncn1. The fourth-order valence-corrected chi connectivity index (χ4v) is 4.47. The molecule has 1 saturated heterocycles. The van der Waals surface area contributed by atoms with Gasteiger partial charge >= 0.3 is 12.2 Å². The number of halogens is 3. The number of benzene rings is 1. The van der Waals surface area contributed by atoms with Crippen LogP contribution < -0.4 is 25.4 Å². The number of hydrogen-bond donors (Lipinski definition) is 3. The van der Waals surface area contributed by atoms with Gasteiger partial charge in [0.2, 0.25) is 5.88 Å². The van der Waals surface area contributed by atoms with Gasteiger partial charge < -0.3 is 25.4 Å². The maximum Gasteiger partial charge on any atom is 0.416 e. The molecule has 1 saturated carbocycles. The van der Waals surface area contributed by atoms with Gasteiger partial charge in [0.05, 0.1) is 11.3 Å². The Morgan fingerprint density at radius 2 is 1.75 bits per heavy atom. The molecule has 2 aromatic rings. The monoisotopic (exact) mass is 507 g/mol. The molecule has 0 unspecified atom stereocenters. The summed E-state index contributed by atoms with van der Waals surface area (Å²) in [4.78, 5) is 21.0. The van der Waals surface area contributed by atoms with E-state index in [1.807, 2.05) is 13.0 Å². The van der Waals surface area contributed by atoms with Crippen molar-refractivity contribution in [2.75, 3.05) is 18.4 Å². The Labute approximate surface area is 208 Å². The highest BCUT2D eigenvalue weighted by Crippen LogP contribution is 2.36. The minimum atomic E-state index is -4.53. The van der Waals surface area contributed by atoms with E-state index in [0.29, 0.717) is 18.7 Å². The van der Waals surface area contributed by atoms with E-state index < -0.39 is 17.8 Å². The molecule has 4 rings (SSSR count). The number of aromatic nitrogens is 2. The molecule has 2 amide bonds. The number of rotatable bonds is 7. The Morgan fingerprint density at radius 1 is 1.03 bits per heavy atom. The van der Waals surface area contributed by atoms with Crippen LogP contribution in [-0.2, 0) is 12.6 Å². The highest BCUT2D eigenvalue weighted by Gasteiger charge is 2.32. The van der Waals surface area contributed by atoms with Crippen LogP contribution in [-0.4, -0.2) is 47.3 Å². The summed E-state index contributed by atoms with van der Waals surface area (Å²) in [6.07, 6.45) is 1.93. The quantitative estimate of drug-likeness (QED) is 0.503. The van der Waals surface area contributed by atoms with Gasteiger partial charge in [-0.15, -0.1) is 0 Å². The summed E-state index contributed by atoms with van der Waals surface area (Å²) in [5, 5.41) is 8.69. The van der Waals surface area contributed by atoms with Crippen molar-refractivity contribution in [3.05, 3.63) is 41.9 Å². The van der Waals surface area contributed by atoms with Gasteiger partial charge in [-0.2, -0.15) is 13.2 Å². The molecule has 0 bridgehead atoms. The lowest BCUT2D eigenvalue weighted by Crippen LogP contribution is -2.42. The third-order valence-electron chi connectivity index (χ3n) is 6.49. The average Bonchev–Trinajstić information content (AvgIpc) is 2.86. The van der Waals surface area contributed by atoms with Crippen LogP contribution in [0.3, 0.4) is 0 Å². The van der Waals surface area contributed by atoms with E-state index in [4.69, 9.17) is 9.47 Å². The number of carbonyl (C=O) groups is 1.